The molecule has 1 unspecified atom stereocenters. The zero-order chi connectivity index (χ0) is 23.8. The minimum Gasteiger partial charge on any atom is -0.343 e. The lowest BCUT2D eigenvalue weighted by Crippen LogP contribution is -2.27. The van der Waals surface area contributed by atoms with Gasteiger partial charge in [0.15, 0.2) is 0 Å². The lowest BCUT2D eigenvalue weighted by atomic mass is 10.2. The van der Waals surface area contributed by atoms with Gasteiger partial charge in [0, 0.05) is 6.20 Å². The maximum absolute atomic E-state index is 13.0. The van der Waals surface area contributed by atoms with E-state index in [1.54, 1.807) is 6.92 Å². The van der Waals surface area contributed by atoms with E-state index in [1.165, 1.54) is 24.8 Å². The summed E-state index contributed by atoms with van der Waals surface area (Å²) >= 11 is 6.50. The lowest BCUT2D eigenvalue weighted by Gasteiger charge is -2.11. The second kappa shape index (κ2) is 8.75. The summed E-state index contributed by atoms with van der Waals surface area (Å²) in [6, 6.07) is 1.61. The topological polar surface area (TPSA) is 126 Å². The third-order valence-corrected chi connectivity index (χ3v) is 5.89. The molecule has 0 saturated carbocycles. The molecular weight excluding hydrogens is 483 g/mol. The number of anilines is 1. The Bertz CT molecular complexity index is 1350. The van der Waals surface area contributed by atoms with Crippen LogP contribution in [0.1, 0.15) is 43.7 Å². The molecular formula is C19H13ClF3N7O2S. The van der Waals surface area contributed by atoms with Crippen LogP contribution >= 0.6 is 22.9 Å². The van der Waals surface area contributed by atoms with Gasteiger partial charge in [0.05, 0.1) is 46.4 Å². The highest BCUT2D eigenvalue weighted by Crippen LogP contribution is 2.35. The van der Waals surface area contributed by atoms with E-state index in [2.05, 4.69) is 35.6 Å². The molecule has 4 aromatic heterocycles. The number of nitrogens with zero attached hydrogens (tertiary/aromatic N) is 4. The Hall–Kier alpha value is -3.58. The highest BCUT2D eigenvalue weighted by atomic mass is 35.5. The smallest absolute Gasteiger partial charge is 0.343 e. The van der Waals surface area contributed by atoms with Gasteiger partial charge >= 0.3 is 6.18 Å². The van der Waals surface area contributed by atoms with Crippen molar-refractivity contribution in [2.24, 2.45) is 0 Å². The Labute approximate surface area is 192 Å². The maximum Gasteiger partial charge on any atom is 0.418 e. The first kappa shape index (κ1) is 22.6. The normalized spacial score (nSPS) is 12.5. The van der Waals surface area contributed by atoms with Crippen LogP contribution in [0, 0.1) is 0 Å². The molecule has 2 amide bonds. The molecule has 0 aliphatic carbocycles. The number of hydrogen-bond donors (Lipinski definition) is 3. The molecule has 0 aliphatic heterocycles. The number of halogens is 4. The molecule has 3 N–H and O–H groups in total. The van der Waals surface area contributed by atoms with Crippen LogP contribution < -0.4 is 10.6 Å². The van der Waals surface area contributed by atoms with Gasteiger partial charge in [-0.2, -0.15) is 13.2 Å². The van der Waals surface area contributed by atoms with Crippen LogP contribution in [-0.4, -0.2) is 36.7 Å². The number of thiazole rings is 1. The predicted octanol–water partition coefficient (Wildman–Crippen LogP) is 4.22. The number of nitrogens with one attached hydrogen (secondary N) is 3. The van der Waals surface area contributed by atoms with Crippen molar-refractivity contribution in [3.05, 3.63) is 63.2 Å². The van der Waals surface area contributed by atoms with Crippen molar-refractivity contribution >= 4 is 51.6 Å². The van der Waals surface area contributed by atoms with E-state index >= 15 is 0 Å². The van der Waals surface area contributed by atoms with Crippen LogP contribution in [0.5, 0.6) is 0 Å². The number of aromatic nitrogens is 5. The summed E-state index contributed by atoms with van der Waals surface area (Å²) in [7, 11) is 0. The van der Waals surface area contributed by atoms with Gasteiger partial charge in [-0.15, -0.1) is 11.3 Å². The molecule has 1 atom stereocenters. The molecule has 0 aliphatic rings. The standard InChI is InChI=1S/C19H13ClF3N7O2S/c1-8(29-16(31)12-3-11-13(5-24-12)28-7-27-11)18-26-6-14(33-18)17(32)30-15-2-9(19(21,22)23)10(20)4-25-15/h2-8H,1H3,(H,27,28)(H,29,31)(H,25,30,32). The van der Waals surface area contributed by atoms with Crippen molar-refractivity contribution < 1.29 is 22.8 Å². The number of amides is 2. The molecule has 0 bridgehead atoms. The molecule has 0 saturated heterocycles. The first-order valence-electron chi connectivity index (χ1n) is 9.21. The van der Waals surface area contributed by atoms with Gasteiger partial charge in [0.25, 0.3) is 11.8 Å². The molecule has 14 heteroatoms. The highest BCUT2D eigenvalue weighted by molar-refractivity contribution is 7.13. The highest BCUT2D eigenvalue weighted by Gasteiger charge is 2.34. The first-order chi connectivity index (χ1) is 15.6. The van der Waals surface area contributed by atoms with E-state index in [9.17, 15) is 22.8 Å². The van der Waals surface area contributed by atoms with E-state index in [4.69, 9.17) is 11.6 Å². The Morgan fingerprint density at radius 2 is 1.88 bits per heavy atom. The molecule has 0 radical (unpaired) electrons. The second-order valence-corrected chi connectivity index (χ2v) is 8.22. The number of rotatable bonds is 5. The molecule has 0 spiro atoms. The monoisotopic (exact) mass is 495 g/mol. The van der Waals surface area contributed by atoms with Gasteiger partial charge < -0.3 is 15.6 Å². The van der Waals surface area contributed by atoms with Crippen LogP contribution in [-0.2, 0) is 6.18 Å². The minimum atomic E-state index is -4.69. The van der Waals surface area contributed by atoms with E-state index < -0.39 is 34.6 Å². The first-order valence-corrected chi connectivity index (χ1v) is 10.4. The molecule has 33 heavy (non-hydrogen) atoms. The Morgan fingerprint density at radius 1 is 1.09 bits per heavy atom. The average molecular weight is 496 g/mol. The fraction of sp³-hybridized carbons (Fsp3) is 0.158. The van der Waals surface area contributed by atoms with E-state index in [0.717, 1.165) is 17.5 Å². The van der Waals surface area contributed by atoms with Crippen LogP contribution in [0.25, 0.3) is 11.0 Å². The minimum absolute atomic E-state index is 0.118. The van der Waals surface area contributed by atoms with Gasteiger partial charge in [-0.05, 0) is 19.1 Å². The van der Waals surface area contributed by atoms with E-state index in [0.29, 0.717) is 22.1 Å². The quantitative estimate of drug-likeness (QED) is 0.380. The Morgan fingerprint density at radius 3 is 2.64 bits per heavy atom. The number of alkyl halides is 3. The van der Waals surface area contributed by atoms with Crippen molar-refractivity contribution in [1.82, 2.24) is 30.2 Å². The third kappa shape index (κ3) is 4.93. The number of pyridine rings is 2. The Balaban J connectivity index is 1.43. The zero-order valence-corrected chi connectivity index (χ0v) is 18.1. The number of carbonyl (C=O) groups excluding carboxylic acids is 2. The van der Waals surface area contributed by atoms with Crippen LogP contribution in [0.3, 0.4) is 0 Å². The molecule has 4 aromatic rings. The number of carbonyl (C=O) groups is 2. The lowest BCUT2D eigenvalue weighted by molar-refractivity contribution is -0.137. The number of hydrogen-bond acceptors (Lipinski definition) is 7. The predicted molar refractivity (Wildman–Crippen MR) is 114 cm³/mol. The third-order valence-electron chi connectivity index (χ3n) is 4.41. The summed E-state index contributed by atoms with van der Waals surface area (Å²) in [4.78, 5) is 43.9. The molecule has 9 nitrogen and oxygen atoms in total. The van der Waals surface area contributed by atoms with Crippen molar-refractivity contribution in [1.29, 1.82) is 0 Å². The molecule has 0 fully saturated rings. The average Bonchev–Trinajstić information content (AvgIpc) is 3.43. The summed E-state index contributed by atoms with van der Waals surface area (Å²) in [5, 5.41) is 4.85. The van der Waals surface area contributed by atoms with E-state index in [1.807, 2.05) is 0 Å². The summed E-state index contributed by atoms with van der Waals surface area (Å²) in [5.74, 6) is -1.47. The van der Waals surface area contributed by atoms with Crippen LogP contribution in [0.4, 0.5) is 19.0 Å². The fourth-order valence-corrected chi connectivity index (χ4v) is 3.81. The zero-order valence-electron chi connectivity index (χ0n) is 16.6. The number of H-pyrrole nitrogens is 1. The van der Waals surface area contributed by atoms with Crippen LogP contribution in [0.2, 0.25) is 5.02 Å². The maximum atomic E-state index is 13.0. The van der Waals surface area contributed by atoms with Gasteiger partial charge in [-0.1, -0.05) is 11.6 Å². The van der Waals surface area contributed by atoms with Gasteiger partial charge in [0.1, 0.15) is 21.4 Å². The SMILES string of the molecule is CC(NC(=O)c1cc2nc[nH]c2cn1)c1ncc(C(=O)Nc2cc(C(F)(F)F)c(Cl)cn2)s1. The summed E-state index contributed by atoms with van der Waals surface area (Å²) < 4.78 is 39.0. The van der Waals surface area contributed by atoms with Crippen LogP contribution in [0.15, 0.2) is 37.1 Å². The van der Waals surface area contributed by atoms with Crippen molar-refractivity contribution in [3.63, 3.8) is 0 Å². The number of imidazole rings is 1. The largest absolute Gasteiger partial charge is 0.418 e. The molecule has 4 heterocycles. The van der Waals surface area contributed by atoms with Crippen molar-refractivity contribution in [2.45, 2.75) is 19.1 Å². The number of aromatic amines is 1. The van der Waals surface area contributed by atoms with Gasteiger partial charge in [0.2, 0.25) is 0 Å². The van der Waals surface area contributed by atoms with Gasteiger partial charge in [-0.3, -0.25) is 9.59 Å². The second-order valence-electron chi connectivity index (χ2n) is 6.75. The number of fused-ring (bicyclic) bond motifs is 1. The Kier molecular flexibility index (Phi) is 5.99. The van der Waals surface area contributed by atoms with E-state index in [-0.39, 0.29) is 16.4 Å². The summed E-state index contributed by atoms with van der Waals surface area (Å²) in [6.45, 7) is 1.67. The fourth-order valence-electron chi connectivity index (χ4n) is 2.79. The molecule has 0 aromatic carbocycles. The van der Waals surface area contributed by atoms with Crippen molar-refractivity contribution in [2.75, 3.05) is 5.32 Å². The molecule has 4 rings (SSSR count). The molecule has 170 valence electrons. The van der Waals surface area contributed by atoms with Crippen molar-refractivity contribution in [3.8, 4) is 0 Å². The summed E-state index contributed by atoms with van der Waals surface area (Å²) in [5.41, 5.74) is 0.316. The summed E-state index contributed by atoms with van der Waals surface area (Å²) in [6.07, 6.45) is 0.350. The van der Waals surface area contributed by atoms with Gasteiger partial charge in [-0.25, -0.2) is 19.9 Å².